The second-order valence-corrected chi connectivity index (χ2v) is 11.9. The number of aromatic nitrogens is 3. The molecule has 1 aliphatic heterocycles. The van der Waals surface area contributed by atoms with Crippen molar-refractivity contribution in [3.63, 3.8) is 0 Å². The first kappa shape index (κ1) is 31.9. The van der Waals surface area contributed by atoms with Crippen LogP contribution in [0.1, 0.15) is 55.5 Å². The molecule has 1 saturated heterocycles. The maximum absolute atomic E-state index is 13.8. The lowest BCUT2D eigenvalue weighted by atomic mass is 10.1. The number of hydrogen-bond donors (Lipinski definition) is 1. The molecule has 3 aromatic heterocycles. The normalized spacial score (nSPS) is 14.7. The first-order chi connectivity index (χ1) is 20.7. The first-order valence-electron chi connectivity index (χ1n) is 14.3. The molecule has 1 aliphatic rings. The van der Waals surface area contributed by atoms with E-state index in [4.69, 9.17) is 9.47 Å². The summed E-state index contributed by atoms with van der Waals surface area (Å²) in [6.07, 6.45) is 4.42. The van der Waals surface area contributed by atoms with Crippen LogP contribution in [0.4, 0.5) is 4.79 Å². The van der Waals surface area contributed by atoms with E-state index in [1.54, 1.807) is 63.3 Å². The molecule has 0 bridgehead atoms. The zero-order chi connectivity index (χ0) is 30.8. The van der Waals surface area contributed by atoms with Crippen molar-refractivity contribution in [2.45, 2.75) is 50.4 Å². The summed E-state index contributed by atoms with van der Waals surface area (Å²) in [6.45, 7) is 9.31. The van der Waals surface area contributed by atoms with E-state index in [1.165, 1.54) is 11.8 Å². The highest BCUT2D eigenvalue weighted by molar-refractivity contribution is 7.99. The Bertz CT molecular complexity index is 1320. The van der Waals surface area contributed by atoms with Crippen LogP contribution in [0.25, 0.3) is 0 Å². The minimum absolute atomic E-state index is 0.145. The van der Waals surface area contributed by atoms with E-state index in [0.29, 0.717) is 36.8 Å². The van der Waals surface area contributed by atoms with Gasteiger partial charge in [-0.3, -0.25) is 19.7 Å². The summed E-state index contributed by atoms with van der Waals surface area (Å²) < 4.78 is 10.6. The van der Waals surface area contributed by atoms with Gasteiger partial charge in [0.05, 0.1) is 29.6 Å². The third-order valence-corrected chi connectivity index (χ3v) is 7.67. The molecule has 2 amide bonds. The topological polar surface area (TPSA) is 127 Å². The number of ether oxygens (including phenoxy) is 2. The van der Waals surface area contributed by atoms with Crippen LogP contribution >= 0.6 is 11.8 Å². The van der Waals surface area contributed by atoms with Crippen molar-refractivity contribution in [3.05, 3.63) is 84.1 Å². The minimum atomic E-state index is -0.911. The molecule has 3 aromatic rings. The van der Waals surface area contributed by atoms with Crippen LogP contribution in [0, 0.1) is 0 Å². The highest BCUT2D eigenvalue weighted by atomic mass is 32.2. The van der Waals surface area contributed by atoms with Crippen molar-refractivity contribution in [2.24, 2.45) is 0 Å². The molecule has 0 aliphatic carbocycles. The van der Waals surface area contributed by atoms with Crippen LogP contribution in [0.5, 0.6) is 0 Å². The molecule has 0 radical (unpaired) electrons. The maximum atomic E-state index is 13.8. The Hall–Kier alpha value is -4.03. The fourth-order valence-electron chi connectivity index (χ4n) is 4.68. The molecule has 0 unspecified atom stereocenters. The summed E-state index contributed by atoms with van der Waals surface area (Å²) in [5, 5.41) is 3.17. The number of amides is 2. The lowest BCUT2D eigenvalue weighted by Gasteiger charge is -2.40. The van der Waals surface area contributed by atoms with Crippen molar-refractivity contribution in [1.29, 1.82) is 0 Å². The molecule has 0 saturated carbocycles. The Kier molecular flexibility index (Phi) is 11.1. The van der Waals surface area contributed by atoms with Gasteiger partial charge in [0.2, 0.25) is 5.91 Å². The number of rotatable bonds is 10. The molecule has 4 rings (SSSR count). The van der Waals surface area contributed by atoms with Crippen molar-refractivity contribution in [2.75, 3.05) is 38.5 Å². The number of pyridine rings is 3. The number of alkyl carbamates (subject to hydrolysis) is 1. The van der Waals surface area contributed by atoms with Crippen molar-refractivity contribution >= 4 is 29.7 Å². The molecular formula is C31H38N6O5S. The third-order valence-electron chi connectivity index (χ3n) is 6.57. The van der Waals surface area contributed by atoms with Crippen LogP contribution in [0.3, 0.4) is 0 Å². The molecular weight excluding hydrogens is 568 g/mol. The van der Waals surface area contributed by atoms with E-state index in [1.807, 2.05) is 36.4 Å². The van der Waals surface area contributed by atoms with E-state index in [2.05, 4.69) is 25.2 Å². The van der Waals surface area contributed by atoms with Crippen molar-refractivity contribution in [1.82, 2.24) is 30.1 Å². The summed E-state index contributed by atoms with van der Waals surface area (Å²) >= 11 is 1.20. The number of nitrogens with zero attached hydrogens (tertiary/aromatic N) is 5. The van der Waals surface area contributed by atoms with E-state index in [9.17, 15) is 14.4 Å². The van der Waals surface area contributed by atoms with Crippen LogP contribution in [0.15, 0.2) is 72.1 Å². The Morgan fingerprint density at radius 1 is 0.907 bits per heavy atom. The van der Waals surface area contributed by atoms with Crippen LogP contribution < -0.4 is 5.32 Å². The predicted molar refractivity (Wildman–Crippen MR) is 163 cm³/mol. The van der Waals surface area contributed by atoms with E-state index in [-0.39, 0.29) is 24.3 Å². The molecule has 1 N–H and O–H groups in total. The van der Waals surface area contributed by atoms with E-state index >= 15 is 0 Å². The van der Waals surface area contributed by atoms with Gasteiger partial charge < -0.3 is 19.7 Å². The Morgan fingerprint density at radius 2 is 1.53 bits per heavy atom. The number of nitrogens with one attached hydrogen (secondary N) is 1. The van der Waals surface area contributed by atoms with Gasteiger partial charge in [0.25, 0.3) is 0 Å². The largest absolute Gasteiger partial charge is 0.462 e. The quantitative estimate of drug-likeness (QED) is 0.268. The molecule has 11 nitrogen and oxygen atoms in total. The average Bonchev–Trinajstić information content (AvgIpc) is 3.00. The van der Waals surface area contributed by atoms with Gasteiger partial charge in [-0.1, -0.05) is 12.1 Å². The first-order valence-corrected chi connectivity index (χ1v) is 15.2. The molecule has 1 atom stereocenters. The second-order valence-electron chi connectivity index (χ2n) is 10.9. The predicted octanol–water partition coefficient (Wildman–Crippen LogP) is 3.97. The molecule has 43 heavy (non-hydrogen) atoms. The van der Waals surface area contributed by atoms with Crippen LogP contribution in [-0.2, 0) is 14.3 Å². The van der Waals surface area contributed by atoms with Gasteiger partial charge >= 0.3 is 12.1 Å². The highest BCUT2D eigenvalue weighted by Crippen LogP contribution is 2.27. The fourth-order valence-corrected chi connectivity index (χ4v) is 5.67. The molecule has 1 fully saturated rings. The number of carbonyl (C=O) groups excluding carboxylic acids is 3. The van der Waals surface area contributed by atoms with E-state index in [0.717, 1.165) is 11.4 Å². The van der Waals surface area contributed by atoms with E-state index < -0.39 is 23.7 Å². The number of hydrogen-bond acceptors (Lipinski definition) is 10. The van der Waals surface area contributed by atoms with Gasteiger partial charge in [0, 0.05) is 50.5 Å². The van der Waals surface area contributed by atoms with Gasteiger partial charge in [-0.15, -0.1) is 11.8 Å². The lowest BCUT2D eigenvalue weighted by molar-refractivity contribution is -0.134. The second kappa shape index (κ2) is 14.9. The smallest absolute Gasteiger partial charge is 0.408 e. The van der Waals surface area contributed by atoms with Gasteiger partial charge in [0.15, 0.2) is 0 Å². The number of piperazine rings is 1. The van der Waals surface area contributed by atoms with Crippen molar-refractivity contribution < 1.29 is 23.9 Å². The van der Waals surface area contributed by atoms with Crippen LogP contribution in [0.2, 0.25) is 0 Å². The third kappa shape index (κ3) is 8.98. The highest BCUT2D eigenvalue weighted by Gasteiger charge is 2.34. The van der Waals surface area contributed by atoms with Gasteiger partial charge in [0.1, 0.15) is 16.7 Å². The van der Waals surface area contributed by atoms with Gasteiger partial charge in [-0.2, -0.15) is 0 Å². The fraction of sp³-hybridized carbons (Fsp3) is 0.419. The van der Waals surface area contributed by atoms with Crippen LogP contribution in [-0.4, -0.2) is 92.9 Å². The SMILES string of the molecule is CCOC(=O)c1cccnc1SC[C@H](NC(=O)OC(C)(C)C)C(=O)N1CCN(C(c2ccccn2)c2ccccn2)CC1. The monoisotopic (exact) mass is 606 g/mol. The molecule has 12 heteroatoms. The lowest BCUT2D eigenvalue weighted by Crippen LogP contribution is -2.56. The maximum Gasteiger partial charge on any atom is 0.408 e. The van der Waals surface area contributed by atoms with Crippen molar-refractivity contribution in [3.8, 4) is 0 Å². The van der Waals surface area contributed by atoms with Gasteiger partial charge in [-0.25, -0.2) is 14.6 Å². The summed E-state index contributed by atoms with van der Waals surface area (Å²) in [5.74, 6) is -0.585. The number of esters is 1. The van der Waals surface area contributed by atoms with Gasteiger partial charge in [-0.05, 0) is 64.1 Å². The molecule has 4 heterocycles. The summed E-state index contributed by atoms with van der Waals surface area (Å²) in [4.78, 5) is 56.6. The average molecular weight is 607 g/mol. The number of thioether (sulfide) groups is 1. The zero-order valence-electron chi connectivity index (χ0n) is 24.9. The summed E-state index contributed by atoms with van der Waals surface area (Å²) in [7, 11) is 0. The minimum Gasteiger partial charge on any atom is -0.462 e. The molecule has 0 spiro atoms. The Balaban J connectivity index is 1.49. The Morgan fingerprint density at radius 3 is 2.09 bits per heavy atom. The molecule has 0 aromatic carbocycles. The Labute approximate surface area is 256 Å². The number of carbonyl (C=O) groups is 3. The standard InChI is InChI=1S/C31H38N6O5S/c1-5-41-29(39)22-11-10-16-34-27(22)43-21-25(35-30(40)42-31(2,3)4)28(38)37-19-17-36(18-20-37)26(23-12-6-8-14-32-23)24-13-7-9-15-33-24/h6-16,25-26H,5,17-21H2,1-4H3,(H,35,40)/t25-/m0/s1. The summed E-state index contributed by atoms with van der Waals surface area (Å²) in [6, 6.07) is 13.9. The molecule has 228 valence electrons. The summed E-state index contributed by atoms with van der Waals surface area (Å²) in [5.41, 5.74) is 1.34. The zero-order valence-corrected chi connectivity index (χ0v) is 25.8.